The van der Waals surface area contributed by atoms with Gasteiger partial charge in [0.05, 0.1) is 35.8 Å². The topological polar surface area (TPSA) is 92.8 Å². The average Bonchev–Trinajstić information content (AvgIpc) is 2.94. The van der Waals surface area contributed by atoms with Crippen molar-refractivity contribution in [1.29, 1.82) is 0 Å². The Kier molecular flexibility index (Phi) is 5.93. The Hall–Kier alpha value is -1.77. The molecule has 3 rings (SSSR count). The van der Waals surface area contributed by atoms with Gasteiger partial charge in [-0.2, -0.15) is 0 Å². The number of nitrogens with one attached hydrogen (secondary N) is 1. The number of esters is 1. The number of hydrogen-bond acceptors (Lipinski definition) is 5. The number of benzene rings is 1. The van der Waals surface area contributed by atoms with Gasteiger partial charge >= 0.3 is 12.0 Å². The second kappa shape index (κ2) is 7.93. The van der Waals surface area contributed by atoms with Gasteiger partial charge in [-0.05, 0) is 38.0 Å². The van der Waals surface area contributed by atoms with Crippen molar-refractivity contribution in [2.45, 2.75) is 32.4 Å². The highest BCUT2D eigenvalue weighted by atomic mass is 35.5. The van der Waals surface area contributed by atoms with Crippen LogP contribution in [0.2, 0.25) is 10.0 Å². The van der Waals surface area contributed by atoms with Crippen molar-refractivity contribution >= 4 is 45.0 Å². The van der Waals surface area contributed by atoms with Crippen molar-refractivity contribution < 1.29 is 22.7 Å². The van der Waals surface area contributed by atoms with E-state index >= 15 is 0 Å². The number of halogens is 2. The van der Waals surface area contributed by atoms with E-state index in [-0.39, 0.29) is 23.7 Å². The highest BCUT2D eigenvalue weighted by molar-refractivity contribution is 7.91. The van der Waals surface area contributed by atoms with Crippen molar-refractivity contribution in [2.24, 2.45) is 0 Å². The second-order valence-corrected chi connectivity index (χ2v) is 9.77. The van der Waals surface area contributed by atoms with Gasteiger partial charge < -0.3 is 10.1 Å². The molecule has 2 unspecified atom stereocenters. The van der Waals surface area contributed by atoms with Gasteiger partial charge in [-0.25, -0.2) is 18.0 Å². The first kappa shape index (κ1) is 21.0. The minimum absolute atomic E-state index is 0.00983. The van der Waals surface area contributed by atoms with Crippen molar-refractivity contribution in [3.63, 3.8) is 0 Å². The van der Waals surface area contributed by atoms with Crippen LogP contribution < -0.4 is 5.32 Å². The Morgan fingerprint density at radius 3 is 2.64 bits per heavy atom. The van der Waals surface area contributed by atoms with Gasteiger partial charge in [0.15, 0.2) is 9.84 Å². The molecule has 1 saturated heterocycles. The molecule has 1 aromatic rings. The van der Waals surface area contributed by atoms with Crippen LogP contribution in [0.4, 0.5) is 4.79 Å². The van der Waals surface area contributed by atoms with Crippen molar-refractivity contribution in [3.05, 3.63) is 45.1 Å². The van der Waals surface area contributed by atoms with E-state index in [1.165, 1.54) is 11.0 Å². The Balaban J connectivity index is 2.09. The lowest BCUT2D eigenvalue weighted by Gasteiger charge is -2.38. The van der Waals surface area contributed by atoms with Crippen molar-refractivity contribution in [2.75, 3.05) is 18.1 Å². The molecule has 0 aromatic heterocycles. The third-order valence-corrected chi connectivity index (χ3v) is 7.18. The molecular formula is C18H20Cl2N2O5S. The normalized spacial score (nSPS) is 24.3. The van der Waals surface area contributed by atoms with Crippen LogP contribution in [0.1, 0.15) is 31.9 Å². The Morgan fingerprint density at radius 2 is 2.07 bits per heavy atom. The predicted octanol–water partition coefficient (Wildman–Crippen LogP) is 3.08. The molecule has 7 nitrogen and oxygen atoms in total. The smallest absolute Gasteiger partial charge is 0.338 e. The number of sulfone groups is 1. The number of carbonyl (C=O) groups is 2. The van der Waals surface area contributed by atoms with Crippen LogP contribution in [0.25, 0.3) is 0 Å². The summed E-state index contributed by atoms with van der Waals surface area (Å²) in [7, 11) is -3.21. The van der Waals surface area contributed by atoms with Crippen molar-refractivity contribution in [1.82, 2.24) is 10.2 Å². The first-order valence-corrected chi connectivity index (χ1v) is 11.4. The van der Waals surface area contributed by atoms with E-state index in [2.05, 4.69) is 5.32 Å². The fourth-order valence-electron chi connectivity index (χ4n) is 3.62. The molecule has 0 radical (unpaired) electrons. The van der Waals surface area contributed by atoms with E-state index in [0.717, 1.165) is 0 Å². The molecule has 1 fully saturated rings. The largest absolute Gasteiger partial charge is 0.463 e. The highest BCUT2D eigenvalue weighted by Crippen LogP contribution is 2.37. The number of carbonyl (C=O) groups excluding carboxylic acids is 2. The molecule has 2 aliphatic heterocycles. The summed E-state index contributed by atoms with van der Waals surface area (Å²) in [4.78, 5) is 26.9. The number of amides is 2. The Labute approximate surface area is 173 Å². The van der Waals surface area contributed by atoms with E-state index in [0.29, 0.717) is 27.7 Å². The van der Waals surface area contributed by atoms with Crippen LogP contribution in [0, 0.1) is 0 Å². The molecule has 2 amide bonds. The maximum atomic E-state index is 12.9. The summed E-state index contributed by atoms with van der Waals surface area (Å²) < 4.78 is 29.0. The van der Waals surface area contributed by atoms with E-state index in [1.807, 2.05) is 0 Å². The number of rotatable bonds is 4. The van der Waals surface area contributed by atoms with E-state index in [4.69, 9.17) is 27.9 Å². The van der Waals surface area contributed by atoms with Crippen LogP contribution in [0.3, 0.4) is 0 Å². The number of allylic oxidation sites excluding steroid dienone is 1. The van der Waals surface area contributed by atoms with Crippen LogP contribution in [0.5, 0.6) is 0 Å². The molecule has 0 aliphatic carbocycles. The summed E-state index contributed by atoms with van der Waals surface area (Å²) in [5, 5.41) is 3.49. The summed E-state index contributed by atoms with van der Waals surface area (Å²) >= 11 is 12.3. The van der Waals surface area contributed by atoms with Gasteiger partial charge in [-0.3, -0.25) is 4.90 Å². The van der Waals surface area contributed by atoms with Crippen LogP contribution in [-0.4, -0.2) is 49.5 Å². The molecule has 152 valence electrons. The van der Waals surface area contributed by atoms with Crippen LogP contribution >= 0.6 is 23.2 Å². The summed E-state index contributed by atoms with van der Waals surface area (Å²) in [6, 6.07) is 2.93. The Bertz CT molecular complexity index is 961. The van der Waals surface area contributed by atoms with Gasteiger partial charge in [0.2, 0.25) is 0 Å². The van der Waals surface area contributed by atoms with E-state index in [1.54, 1.807) is 26.0 Å². The third-order valence-electron chi connectivity index (χ3n) is 4.87. The monoisotopic (exact) mass is 446 g/mol. The summed E-state index contributed by atoms with van der Waals surface area (Å²) in [6.45, 7) is 3.45. The number of ether oxygens (including phenoxy) is 1. The summed E-state index contributed by atoms with van der Waals surface area (Å²) in [5.41, 5.74) is 1.08. The van der Waals surface area contributed by atoms with Crippen molar-refractivity contribution in [3.8, 4) is 0 Å². The molecule has 2 heterocycles. The molecule has 0 spiro atoms. The van der Waals surface area contributed by atoms with Crippen LogP contribution in [0.15, 0.2) is 29.5 Å². The number of urea groups is 1. The molecule has 1 N–H and O–H groups in total. The van der Waals surface area contributed by atoms with Gasteiger partial charge in [-0.1, -0.05) is 29.3 Å². The molecule has 0 bridgehead atoms. The predicted molar refractivity (Wildman–Crippen MR) is 106 cm³/mol. The second-order valence-electron chi connectivity index (χ2n) is 6.69. The fourth-order valence-corrected chi connectivity index (χ4v) is 5.84. The van der Waals surface area contributed by atoms with E-state index in [9.17, 15) is 18.0 Å². The lowest BCUT2D eigenvalue weighted by molar-refractivity contribution is -0.139. The van der Waals surface area contributed by atoms with Gasteiger partial charge in [-0.15, -0.1) is 0 Å². The zero-order chi connectivity index (χ0) is 20.6. The molecule has 0 saturated carbocycles. The maximum absolute atomic E-state index is 12.9. The molecule has 10 heteroatoms. The first-order chi connectivity index (χ1) is 13.1. The first-order valence-electron chi connectivity index (χ1n) is 8.77. The zero-order valence-electron chi connectivity index (χ0n) is 15.4. The van der Waals surface area contributed by atoms with E-state index < -0.39 is 33.9 Å². The molecule has 2 aliphatic rings. The third kappa shape index (κ3) is 3.99. The van der Waals surface area contributed by atoms with Gasteiger partial charge in [0.1, 0.15) is 0 Å². The summed E-state index contributed by atoms with van der Waals surface area (Å²) in [6.07, 6.45) is 0.315. The average molecular weight is 447 g/mol. The molecule has 2 atom stereocenters. The Morgan fingerprint density at radius 1 is 1.36 bits per heavy atom. The molecule has 1 aromatic carbocycles. The quantitative estimate of drug-likeness (QED) is 0.717. The molecule has 28 heavy (non-hydrogen) atoms. The SMILES string of the molecule is CCOC(=O)C1=C(C)N(C2CCS(=O)(=O)C2)C(=O)NC1c1ccc(Cl)cc1Cl. The number of nitrogens with zero attached hydrogens (tertiary/aromatic N) is 1. The lowest BCUT2D eigenvalue weighted by Crippen LogP contribution is -2.52. The van der Waals surface area contributed by atoms with Gasteiger partial charge in [0, 0.05) is 15.7 Å². The zero-order valence-corrected chi connectivity index (χ0v) is 17.7. The highest BCUT2D eigenvalue weighted by Gasteiger charge is 2.43. The minimum atomic E-state index is -3.21. The lowest BCUT2D eigenvalue weighted by atomic mass is 9.94. The standard InChI is InChI=1S/C18H20Cl2N2O5S/c1-3-27-17(23)15-10(2)22(12-6-7-28(25,26)9-12)18(24)21-16(15)13-5-4-11(19)8-14(13)20/h4-5,8,12,16H,3,6-7,9H2,1-2H3,(H,21,24). The summed E-state index contributed by atoms with van der Waals surface area (Å²) in [5.74, 6) is -0.724. The maximum Gasteiger partial charge on any atom is 0.338 e. The fraction of sp³-hybridized carbons (Fsp3) is 0.444. The minimum Gasteiger partial charge on any atom is -0.463 e. The number of hydrogen-bond donors (Lipinski definition) is 1. The molecular weight excluding hydrogens is 427 g/mol. The van der Waals surface area contributed by atoms with Crippen LogP contribution in [-0.2, 0) is 19.4 Å². The van der Waals surface area contributed by atoms with Gasteiger partial charge in [0.25, 0.3) is 0 Å².